The molecule has 2 N–H and O–H groups in total. The maximum atomic E-state index is 13.0. The molecule has 0 saturated carbocycles. The highest BCUT2D eigenvalue weighted by Gasteiger charge is 2.50. The van der Waals surface area contributed by atoms with Gasteiger partial charge in [-0.3, -0.25) is 4.79 Å². The van der Waals surface area contributed by atoms with E-state index in [0.717, 1.165) is 0 Å². The summed E-state index contributed by atoms with van der Waals surface area (Å²) in [4.78, 5) is 13.0. The molecule has 1 aliphatic heterocycles. The average molecular weight is 415 g/mol. The summed E-state index contributed by atoms with van der Waals surface area (Å²) >= 11 is 6.00. The third kappa shape index (κ3) is 3.31. The number of carbonyl (C=O) groups is 1. The van der Waals surface area contributed by atoms with E-state index in [2.05, 4.69) is 0 Å². The number of ether oxygens (including phenoxy) is 1. The molecule has 0 saturated heterocycles. The van der Waals surface area contributed by atoms with Gasteiger partial charge in [-0.1, -0.05) is 54.1 Å². The Kier molecular flexibility index (Phi) is 5.06. The molecule has 1 atom stereocenters. The van der Waals surface area contributed by atoms with Gasteiger partial charge in [0.25, 0.3) is 0 Å². The molecule has 2 aromatic rings. The average Bonchev–Trinajstić information content (AvgIpc) is 2.86. The second-order valence-corrected chi connectivity index (χ2v) is 9.61. The molecule has 0 amide bonds. The first kappa shape index (κ1) is 20.4. The Bertz CT molecular complexity index is 1080. The van der Waals surface area contributed by atoms with E-state index in [-0.39, 0.29) is 5.88 Å². The van der Waals surface area contributed by atoms with Crippen LogP contribution in [0.2, 0.25) is 5.02 Å². The zero-order valence-corrected chi connectivity index (χ0v) is 17.2. The quantitative estimate of drug-likeness (QED) is 0.512. The third-order valence-corrected chi connectivity index (χ3v) is 6.95. The third-order valence-electron chi connectivity index (χ3n) is 4.84. The Morgan fingerprint density at radius 3 is 2.36 bits per heavy atom. The van der Waals surface area contributed by atoms with Crippen molar-refractivity contribution in [2.24, 2.45) is 5.73 Å². The van der Waals surface area contributed by atoms with Gasteiger partial charge in [-0.25, -0.2) is 0 Å². The number of halogens is 1. The van der Waals surface area contributed by atoms with Crippen LogP contribution in [0.3, 0.4) is 0 Å². The SMILES string of the molecule is BC(B)(c1ccccc1)S(=O)(=O)OC1=C(N)O[C@@](B)(c2cccc(Cl)c2)C1=O. The van der Waals surface area contributed by atoms with Crippen molar-refractivity contribution in [3.63, 3.8) is 0 Å². The largest absolute Gasteiger partial charge is 0.467 e. The summed E-state index contributed by atoms with van der Waals surface area (Å²) in [6.45, 7) is 0. The van der Waals surface area contributed by atoms with E-state index in [1.54, 1.807) is 54.6 Å². The highest BCUT2D eigenvalue weighted by Crippen LogP contribution is 2.38. The minimum absolute atomic E-state index is 0.389. The number of Topliss-reactive ketones (excluding diaryl/α,β-unsaturated/α-hetero) is 1. The lowest BCUT2D eigenvalue weighted by atomic mass is 9.65. The van der Waals surface area contributed by atoms with Crippen molar-refractivity contribution in [1.29, 1.82) is 0 Å². The molecule has 2 aromatic carbocycles. The summed E-state index contributed by atoms with van der Waals surface area (Å²) in [7, 11) is 0.200. The summed E-state index contributed by atoms with van der Waals surface area (Å²) in [6.07, 6.45) is 0. The van der Waals surface area contributed by atoms with E-state index in [1.165, 1.54) is 23.5 Å². The van der Waals surface area contributed by atoms with Crippen LogP contribution in [-0.4, -0.2) is 37.7 Å². The molecule has 6 nitrogen and oxygen atoms in total. The maximum Gasteiger partial charge on any atom is 0.304 e. The van der Waals surface area contributed by atoms with Gasteiger partial charge in [0.05, 0.1) is 4.55 Å². The lowest BCUT2D eigenvalue weighted by molar-refractivity contribution is -0.126. The number of benzene rings is 2. The van der Waals surface area contributed by atoms with E-state index in [1.807, 2.05) is 0 Å². The summed E-state index contributed by atoms with van der Waals surface area (Å²) in [5.41, 5.74) is 5.24. The van der Waals surface area contributed by atoms with E-state index in [9.17, 15) is 13.2 Å². The normalized spacial score (nSPS) is 20.1. The van der Waals surface area contributed by atoms with Crippen molar-refractivity contribution in [3.05, 3.63) is 82.4 Å². The fourth-order valence-corrected chi connectivity index (χ4v) is 4.09. The van der Waals surface area contributed by atoms with Gasteiger partial charge in [-0.05, 0) is 23.3 Å². The van der Waals surface area contributed by atoms with Crippen LogP contribution >= 0.6 is 11.6 Å². The van der Waals surface area contributed by atoms with Gasteiger partial charge in [-0.2, -0.15) is 8.42 Å². The number of ketones is 1. The van der Waals surface area contributed by atoms with E-state index >= 15 is 0 Å². The summed E-state index contributed by atoms with van der Waals surface area (Å²) in [5, 5.41) is 0.404. The fraction of sp³-hybridized carbons (Fsp3) is 0.118. The highest BCUT2D eigenvalue weighted by molar-refractivity contribution is 7.90. The fourth-order valence-electron chi connectivity index (χ4n) is 2.89. The lowest BCUT2D eigenvalue weighted by Crippen LogP contribution is -2.40. The number of rotatable bonds is 5. The van der Waals surface area contributed by atoms with E-state index in [0.29, 0.717) is 16.1 Å². The Balaban J connectivity index is 1.94. The number of hydrogen-bond acceptors (Lipinski definition) is 6. The molecule has 11 heteroatoms. The monoisotopic (exact) mass is 415 g/mol. The van der Waals surface area contributed by atoms with E-state index in [4.69, 9.17) is 26.3 Å². The molecule has 0 aromatic heterocycles. The van der Waals surface area contributed by atoms with Crippen LogP contribution in [0.5, 0.6) is 0 Å². The lowest BCUT2D eigenvalue weighted by Gasteiger charge is -2.26. The summed E-state index contributed by atoms with van der Waals surface area (Å²) in [6, 6.07) is 15.1. The first-order valence-electron chi connectivity index (χ1n) is 8.48. The Morgan fingerprint density at radius 2 is 1.75 bits per heavy atom. The van der Waals surface area contributed by atoms with Crippen LogP contribution in [0.4, 0.5) is 0 Å². The zero-order valence-electron chi connectivity index (χ0n) is 15.6. The second-order valence-electron chi connectivity index (χ2n) is 7.08. The predicted octanol–water partition coefficient (Wildman–Crippen LogP) is -0.724. The van der Waals surface area contributed by atoms with Crippen LogP contribution in [0.15, 0.2) is 66.2 Å². The molecule has 3 rings (SSSR count). The highest BCUT2D eigenvalue weighted by atomic mass is 35.5. The minimum atomic E-state index is -4.27. The Hall–Kier alpha value is -2.32. The van der Waals surface area contributed by atoms with Gasteiger partial charge in [0.15, 0.2) is 13.3 Å². The maximum absolute atomic E-state index is 13.0. The molecular formula is C17H17B3ClNO5S. The standard InChI is InChI=1S/C17H17B3ClNO5S/c18-16(11-7-4-8-12(21)9-11)14(23)13(15(22)26-16)27-28(24,25)17(19,20)10-5-2-1-3-6-10/h1-9H,18-20,22H2/t16-/m0/s1. The predicted molar refractivity (Wildman–Crippen MR) is 114 cm³/mol. The molecule has 0 bridgehead atoms. The van der Waals surface area contributed by atoms with Gasteiger partial charge in [0.2, 0.25) is 17.4 Å². The van der Waals surface area contributed by atoms with Gasteiger partial charge < -0.3 is 14.7 Å². The summed E-state index contributed by atoms with van der Waals surface area (Å²) in [5.74, 6) is -1.62. The van der Waals surface area contributed by atoms with Gasteiger partial charge >= 0.3 is 10.1 Å². The van der Waals surface area contributed by atoms with Crippen molar-refractivity contribution < 1.29 is 22.1 Å². The molecule has 0 fully saturated rings. The molecule has 1 heterocycles. The number of hydrogen-bond donors (Lipinski definition) is 1. The van der Waals surface area contributed by atoms with Crippen molar-refractivity contribution in [2.75, 3.05) is 0 Å². The zero-order chi connectivity index (χ0) is 20.7. The Labute approximate surface area is 171 Å². The molecule has 142 valence electrons. The van der Waals surface area contributed by atoms with E-state index < -0.39 is 31.7 Å². The van der Waals surface area contributed by atoms with Gasteiger partial charge in [0.1, 0.15) is 15.7 Å². The van der Waals surface area contributed by atoms with Gasteiger partial charge in [0, 0.05) is 5.02 Å². The van der Waals surface area contributed by atoms with Crippen molar-refractivity contribution >= 4 is 51.0 Å². The van der Waals surface area contributed by atoms with Crippen LogP contribution in [0.1, 0.15) is 11.1 Å². The molecule has 1 aliphatic rings. The van der Waals surface area contributed by atoms with Crippen molar-refractivity contribution in [1.82, 2.24) is 0 Å². The van der Waals surface area contributed by atoms with Crippen molar-refractivity contribution in [3.8, 4) is 0 Å². The molecule has 0 spiro atoms. The van der Waals surface area contributed by atoms with Gasteiger partial charge in [-0.15, -0.1) is 0 Å². The molecule has 0 radical (unpaired) electrons. The summed E-state index contributed by atoms with van der Waals surface area (Å²) < 4.78 is 35.2. The topological polar surface area (TPSA) is 95.7 Å². The van der Waals surface area contributed by atoms with Crippen LogP contribution in [0, 0.1) is 0 Å². The van der Waals surface area contributed by atoms with Crippen LogP contribution < -0.4 is 5.73 Å². The first-order chi connectivity index (χ1) is 13.0. The van der Waals surface area contributed by atoms with Crippen LogP contribution in [0.25, 0.3) is 0 Å². The second kappa shape index (κ2) is 6.94. The Morgan fingerprint density at radius 1 is 1.11 bits per heavy atom. The molecule has 28 heavy (non-hydrogen) atoms. The molecule has 0 aliphatic carbocycles. The smallest absolute Gasteiger partial charge is 0.304 e. The number of carbonyl (C=O) groups excluding carboxylic acids is 1. The van der Waals surface area contributed by atoms with Crippen LogP contribution in [-0.2, 0) is 33.9 Å². The molecular weight excluding hydrogens is 398 g/mol. The molecule has 0 unspecified atom stereocenters. The first-order valence-corrected chi connectivity index (χ1v) is 10.3. The minimum Gasteiger partial charge on any atom is -0.467 e. The number of nitrogens with two attached hydrogens (primary N) is 1. The van der Waals surface area contributed by atoms with Crippen molar-refractivity contribution in [2.45, 2.75) is 10.0 Å².